The lowest BCUT2D eigenvalue weighted by atomic mass is 10.3. The number of aromatic nitrogens is 3. The van der Waals surface area contributed by atoms with Gasteiger partial charge in [0.15, 0.2) is 5.69 Å². The minimum absolute atomic E-state index is 0.196. The third-order valence-electron chi connectivity index (χ3n) is 2.64. The number of para-hydroxylation sites is 1. The standard InChI is InChI=1S/C13H17N5O/c1-14-8-5-9-15-13(19)12-10-18(17-16-12)11-6-3-2-4-7-11/h2-4,6-7,10,14H,5,8-9H2,1H3,(H,15,19). The van der Waals surface area contributed by atoms with E-state index in [-0.39, 0.29) is 5.91 Å². The molecule has 100 valence electrons. The molecule has 1 amide bonds. The Labute approximate surface area is 111 Å². The monoisotopic (exact) mass is 259 g/mol. The summed E-state index contributed by atoms with van der Waals surface area (Å²) < 4.78 is 1.59. The summed E-state index contributed by atoms with van der Waals surface area (Å²) in [7, 11) is 1.88. The SMILES string of the molecule is CNCCCNC(=O)c1cn(-c2ccccc2)nn1. The van der Waals surface area contributed by atoms with Crippen molar-refractivity contribution in [1.82, 2.24) is 25.6 Å². The van der Waals surface area contributed by atoms with Gasteiger partial charge < -0.3 is 10.6 Å². The number of hydrogen-bond donors (Lipinski definition) is 2. The average Bonchev–Trinajstić information content (AvgIpc) is 2.94. The zero-order chi connectivity index (χ0) is 13.5. The summed E-state index contributed by atoms with van der Waals surface area (Å²) in [4.78, 5) is 11.8. The van der Waals surface area contributed by atoms with E-state index in [1.807, 2.05) is 37.4 Å². The maximum absolute atomic E-state index is 11.8. The second-order valence-corrected chi connectivity index (χ2v) is 4.10. The lowest BCUT2D eigenvalue weighted by Crippen LogP contribution is -2.26. The predicted molar refractivity (Wildman–Crippen MR) is 72.2 cm³/mol. The van der Waals surface area contributed by atoms with Crippen molar-refractivity contribution in [2.24, 2.45) is 0 Å². The Kier molecular flexibility index (Phi) is 4.63. The van der Waals surface area contributed by atoms with Crippen molar-refractivity contribution in [2.75, 3.05) is 20.1 Å². The van der Waals surface area contributed by atoms with Crippen molar-refractivity contribution in [2.45, 2.75) is 6.42 Å². The van der Waals surface area contributed by atoms with Gasteiger partial charge in [0, 0.05) is 6.54 Å². The van der Waals surface area contributed by atoms with Crippen molar-refractivity contribution >= 4 is 5.91 Å². The van der Waals surface area contributed by atoms with Gasteiger partial charge in [-0.3, -0.25) is 4.79 Å². The lowest BCUT2D eigenvalue weighted by Gasteiger charge is -2.01. The van der Waals surface area contributed by atoms with E-state index in [1.54, 1.807) is 10.9 Å². The van der Waals surface area contributed by atoms with Crippen molar-refractivity contribution in [1.29, 1.82) is 0 Å². The van der Waals surface area contributed by atoms with Gasteiger partial charge in [0.1, 0.15) is 0 Å². The summed E-state index contributed by atoms with van der Waals surface area (Å²) in [6, 6.07) is 9.56. The molecule has 0 saturated carbocycles. The molecule has 1 aromatic heterocycles. The Bertz CT molecular complexity index is 523. The first-order chi connectivity index (χ1) is 9.31. The number of rotatable bonds is 6. The number of nitrogens with zero attached hydrogens (tertiary/aromatic N) is 3. The van der Waals surface area contributed by atoms with Crippen LogP contribution in [0, 0.1) is 0 Å². The minimum Gasteiger partial charge on any atom is -0.351 e. The van der Waals surface area contributed by atoms with E-state index in [0.29, 0.717) is 12.2 Å². The van der Waals surface area contributed by atoms with E-state index >= 15 is 0 Å². The van der Waals surface area contributed by atoms with Gasteiger partial charge in [0.25, 0.3) is 5.91 Å². The molecule has 0 radical (unpaired) electrons. The molecule has 6 heteroatoms. The highest BCUT2D eigenvalue weighted by Crippen LogP contribution is 2.05. The molecule has 0 bridgehead atoms. The fraction of sp³-hybridized carbons (Fsp3) is 0.308. The molecule has 19 heavy (non-hydrogen) atoms. The van der Waals surface area contributed by atoms with Crippen molar-refractivity contribution < 1.29 is 4.79 Å². The van der Waals surface area contributed by atoms with Crippen molar-refractivity contribution in [3.8, 4) is 5.69 Å². The lowest BCUT2D eigenvalue weighted by molar-refractivity contribution is 0.0948. The average molecular weight is 259 g/mol. The molecular formula is C13H17N5O. The van der Waals surface area contributed by atoms with E-state index in [0.717, 1.165) is 18.7 Å². The molecule has 1 aromatic carbocycles. The van der Waals surface area contributed by atoms with Crippen LogP contribution in [0.15, 0.2) is 36.5 Å². The predicted octanol–water partition coefficient (Wildman–Crippen LogP) is 0.607. The second-order valence-electron chi connectivity index (χ2n) is 4.10. The van der Waals surface area contributed by atoms with Crippen LogP contribution in [0.2, 0.25) is 0 Å². The summed E-state index contributed by atoms with van der Waals surface area (Å²) in [5.41, 5.74) is 1.21. The third kappa shape index (κ3) is 3.62. The highest BCUT2D eigenvalue weighted by molar-refractivity contribution is 5.91. The number of amides is 1. The van der Waals surface area contributed by atoms with Gasteiger partial charge in [0.05, 0.1) is 11.9 Å². The molecule has 0 aliphatic rings. The molecule has 0 spiro atoms. The molecule has 6 nitrogen and oxygen atoms in total. The van der Waals surface area contributed by atoms with Crippen LogP contribution in [0.1, 0.15) is 16.9 Å². The first kappa shape index (κ1) is 13.2. The van der Waals surface area contributed by atoms with Gasteiger partial charge in [-0.1, -0.05) is 23.4 Å². The Morgan fingerprint density at radius 1 is 1.26 bits per heavy atom. The van der Waals surface area contributed by atoms with Crippen molar-refractivity contribution in [3.05, 3.63) is 42.2 Å². The van der Waals surface area contributed by atoms with E-state index < -0.39 is 0 Å². The van der Waals surface area contributed by atoms with Crippen LogP contribution < -0.4 is 10.6 Å². The van der Waals surface area contributed by atoms with Crippen LogP contribution in [0.5, 0.6) is 0 Å². The smallest absolute Gasteiger partial charge is 0.273 e. The Morgan fingerprint density at radius 2 is 2.05 bits per heavy atom. The molecule has 0 aliphatic heterocycles. The summed E-state index contributed by atoms with van der Waals surface area (Å²) in [5.74, 6) is -0.196. The van der Waals surface area contributed by atoms with Crippen LogP contribution >= 0.6 is 0 Å². The molecular weight excluding hydrogens is 242 g/mol. The first-order valence-corrected chi connectivity index (χ1v) is 6.22. The molecule has 0 saturated heterocycles. The first-order valence-electron chi connectivity index (χ1n) is 6.22. The summed E-state index contributed by atoms with van der Waals surface area (Å²) >= 11 is 0. The zero-order valence-electron chi connectivity index (χ0n) is 10.8. The number of carbonyl (C=O) groups is 1. The van der Waals surface area contributed by atoms with Gasteiger partial charge in [0.2, 0.25) is 0 Å². The Balaban J connectivity index is 1.95. The minimum atomic E-state index is -0.196. The van der Waals surface area contributed by atoms with Crippen LogP contribution in [-0.4, -0.2) is 41.0 Å². The normalized spacial score (nSPS) is 10.4. The van der Waals surface area contributed by atoms with Crippen molar-refractivity contribution in [3.63, 3.8) is 0 Å². The molecule has 0 fully saturated rings. The van der Waals surface area contributed by atoms with E-state index in [1.165, 1.54) is 0 Å². The summed E-state index contributed by atoms with van der Waals surface area (Å²) in [6.07, 6.45) is 2.51. The fourth-order valence-electron chi connectivity index (χ4n) is 1.63. The van der Waals surface area contributed by atoms with Crippen LogP contribution in [0.3, 0.4) is 0 Å². The van der Waals surface area contributed by atoms with Gasteiger partial charge in [-0.15, -0.1) is 5.10 Å². The molecule has 0 atom stereocenters. The second kappa shape index (κ2) is 6.65. The van der Waals surface area contributed by atoms with Gasteiger partial charge in [-0.05, 0) is 32.1 Å². The van der Waals surface area contributed by atoms with Gasteiger partial charge >= 0.3 is 0 Å². The maximum atomic E-state index is 11.8. The molecule has 2 rings (SSSR count). The topological polar surface area (TPSA) is 71.8 Å². The highest BCUT2D eigenvalue weighted by atomic mass is 16.2. The largest absolute Gasteiger partial charge is 0.351 e. The number of carbonyl (C=O) groups excluding carboxylic acids is 1. The molecule has 2 aromatic rings. The molecule has 0 unspecified atom stereocenters. The quantitative estimate of drug-likeness (QED) is 0.745. The Morgan fingerprint density at radius 3 is 2.79 bits per heavy atom. The summed E-state index contributed by atoms with van der Waals surface area (Å²) in [6.45, 7) is 1.49. The molecule has 2 N–H and O–H groups in total. The molecule has 0 aliphatic carbocycles. The van der Waals surface area contributed by atoms with Gasteiger partial charge in [-0.2, -0.15) is 0 Å². The van der Waals surface area contributed by atoms with E-state index in [2.05, 4.69) is 20.9 Å². The third-order valence-corrected chi connectivity index (χ3v) is 2.64. The van der Waals surface area contributed by atoms with E-state index in [4.69, 9.17) is 0 Å². The Hall–Kier alpha value is -2.21. The fourth-order valence-corrected chi connectivity index (χ4v) is 1.63. The van der Waals surface area contributed by atoms with Crippen LogP contribution in [-0.2, 0) is 0 Å². The number of nitrogens with one attached hydrogen (secondary N) is 2. The van der Waals surface area contributed by atoms with Gasteiger partial charge in [-0.25, -0.2) is 4.68 Å². The number of hydrogen-bond acceptors (Lipinski definition) is 4. The van der Waals surface area contributed by atoms with Crippen LogP contribution in [0.25, 0.3) is 5.69 Å². The highest BCUT2D eigenvalue weighted by Gasteiger charge is 2.10. The maximum Gasteiger partial charge on any atom is 0.273 e. The zero-order valence-corrected chi connectivity index (χ0v) is 10.8. The van der Waals surface area contributed by atoms with Crippen LogP contribution in [0.4, 0.5) is 0 Å². The summed E-state index contributed by atoms with van der Waals surface area (Å²) in [5, 5.41) is 13.6. The molecule has 1 heterocycles. The number of benzene rings is 1. The van der Waals surface area contributed by atoms with E-state index in [9.17, 15) is 4.79 Å².